The highest BCUT2D eigenvalue weighted by atomic mass is 19.1. The molecule has 1 atom stereocenters. The molecule has 34 heavy (non-hydrogen) atoms. The fourth-order valence-corrected chi connectivity index (χ4v) is 4.06. The number of carbonyl (C=O) groups excluding carboxylic acids is 2. The van der Waals surface area contributed by atoms with Crippen molar-refractivity contribution in [2.24, 2.45) is 0 Å². The molecular weight excluding hydrogens is 433 g/mol. The van der Waals surface area contributed by atoms with E-state index in [4.69, 9.17) is 9.72 Å². The number of hydrogen-bond donors (Lipinski definition) is 1. The number of para-hydroxylation sites is 1. The quantitative estimate of drug-likeness (QED) is 0.332. The van der Waals surface area contributed by atoms with Crippen LogP contribution in [0.1, 0.15) is 56.7 Å². The van der Waals surface area contributed by atoms with Crippen LogP contribution in [0.5, 0.6) is 0 Å². The van der Waals surface area contributed by atoms with Crippen LogP contribution >= 0.6 is 0 Å². The van der Waals surface area contributed by atoms with Crippen molar-refractivity contribution in [2.75, 3.05) is 0 Å². The number of halogens is 1. The minimum Gasteiger partial charge on any atom is -0.463 e. The molecule has 1 aromatic heterocycles. The molecule has 0 bridgehead atoms. The molecule has 5 nitrogen and oxygen atoms in total. The Kier molecular flexibility index (Phi) is 7.17. The molecule has 0 spiro atoms. The molecule has 1 fully saturated rings. The van der Waals surface area contributed by atoms with Gasteiger partial charge in [-0.15, -0.1) is 0 Å². The maximum absolute atomic E-state index is 13.6. The lowest BCUT2D eigenvalue weighted by Crippen LogP contribution is -2.18. The average Bonchev–Trinajstić information content (AvgIpc) is 3.62. The Hall–Kier alpha value is -3.38. The molecule has 6 heteroatoms. The Morgan fingerprint density at radius 2 is 1.85 bits per heavy atom. The summed E-state index contributed by atoms with van der Waals surface area (Å²) >= 11 is 0. The van der Waals surface area contributed by atoms with Gasteiger partial charge in [-0.05, 0) is 50.5 Å². The van der Waals surface area contributed by atoms with Crippen molar-refractivity contribution in [1.82, 2.24) is 4.98 Å². The number of ketones is 1. The van der Waals surface area contributed by atoms with Crippen molar-refractivity contribution >= 4 is 28.7 Å². The summed E-state index contributed by atoms with van der Waals surface area (Å²) < 4.78 is 18.6. The Morgan fingerprint density at radius 1 is 1.15 bits per heavy atom. The van der Waals surface area contributed by atoms with E-state index in [1.54, 1.807) is 38.1 Å². The van der Waals surface area contributed by atoms with Gasteiger partial charge < -0.3 is 9.84 Å². The van der Waals surface area contributed by atoms with Gasteiger partial charge in [0.2, 0.25) is 0 Å². The van der Waals surface area contributed by atoms with Gasteiger partial charge in [0.25, 0.3) is 0 Å². The number of Topliss-reactive ketones (excluding diaryl/α,β-unsaturated/α-hetero) is 1. The molecule has 4 rings (SSSR count). The number of esters is 1. The third kappa shape index (κ3) is 5.75. The molecule has 1 aliphatic rings. The van der Waals surface area contributed by atoms with Gasteiger partial charge in [0, 0.05) is 28.9 Å². The van der Waals surface area contributed by atoms with Crippen molar-refractivity contribution in [1.29, 1.82) is 0 Å². The molecular formula is C28H28FNO4. The van der Waals surface area contributed by atoms with Crippen molar-refractivity contribution in [3.05, 3.63) is 71.7 Å². The first-order valence-electron chi connectivity index (χ1n) is 11.6. The fourth-order valence-electron chi connectivity index (χ4n) is 4.06. The Labute approximate surface area is 198 Å². The molecule has 0 radical (unpaired) electrons. The highest BCUT2D eigenvalue weighted by Gasteiger charge is 2.29. The zero-order chi connectivity index (χ0) is 24.2. The van der Waals surface area contributed by atoms with Crippen LogP contribution in [0, 0.1) is 5.82 Å². The van der Waals surface area contributed by atoms with E-state index in [-0.39, 0.29) is 30.5 Å². The van der Waals surface area contributed by atoms with Crippen LogP contribution in [0.2, 0.25) is 0 Å². The highest BCUT2D eigenvalue weighted by molar-refractivity contribution is 5.99. The Bertz CT molecular complexity index is 1230. The summed E-state index contributed by atoms with van der Waals surface area (Å²) in [7, 11) is 0. The second-order valence-corrected chi connectivity index (χ2v) is 8.97. The predicted octanol–water partition coefficient (Wildman–Crippen LogP) is 5.59. The zero-order valence-electron chi connectivity index (χ0n) is 19.3. The summed E-state index contributed by atoms with van der Waals surface area (Å²) in [6, 6.07) is 14.2. The summed E-state index contributed by atoms with van der Waals surface area (Å²) in [5.41, 5.74) is 4.43. The average molecular weight is 462 g/mol. The van der Waals surface area contributed by atoms with Crippen LogP contribution in [0.15, 0.2) is 54.6 Å². The minimum atomic E-state index is -1.06. The van der Waals surface area contributed by atoms with Crippen molar-refractivity contribution in [3.63, 3.8) is 0 Å². The summed E-state index contributed by atoms with van der Waals surface area (Å²) in [6.45, 7) is 3.43. The lowest BCUT2D eigenvalue weighted by atomic mass is 9.92. The van der Waals surface area contributed by atoms with Crippen molar-refractivity contribution in [3.8, 4) is 11.1 Å². The molecule has 1 saturated carbocycles. The number of nitrogens with zero attached hydrogens (tertiary/aromatic N) is 1. The summed E-state index contributed by atoms with van der Waals surface area (Å²) in [5.74, 6) is -0.968. The van der Waals surface area contributed by atoms with Gasteiger partial charge in [0.05, 0.1) is 23.4 Å². The first kappa shape index (κ1) is 23.8. The van der Waals surface area contributed by atoms with Crippen molar-refractivity contribution < 1.29 is 23.8 Å². The largest absolute Gasteiger partial charge is 0.463 e. The lowest BCUT2D eigenvalue weighted by molar-refractivity contribution is -0.149. The van der Waals surface area contributed by atoms with Crippen LogP contribution in [0.25, 0.3) is 28.1 Å². The first-order valence-corrected chi connectivity index (χ1v) is 11.6. The SMILES string of the molecule is CC(C)OC(=O)CC(=O)C[C@H](O)/C=C/c1c(C2CC2)nc2ccccc2c1-c1ccc(F)cc1. The summed E-state index contributed by atoms with van der Waals surface area (Å²) in [5, 5.41) is 11.4. The maximum Gasteiger partial charge on any atom is 0.313 e. The monoisotopic (exact) mass is 461 g/mol. The van der Waals surface area contributed by atoms with E-state index in [1.165, 1.54) is 12.1 Å². The molecule has 0 saturated heterocycles. The molecule has 0 amide bonds. The smallest absolute Gasteiger partial charge is 0.313 e. The van der Waals surface area contributed by atoms with Crippen LogP contribution in [-0.2, 0) is 14.3 Å². The fraction of sp³-hybridized carbons (Fsp3) is 0.321. The molecule has 2 aromatic carbocycles. The summed E-state index contributed by atoms with van der Waals surface area (Å²) in [4.78, 5) is 28.8. The highest BCUT2D eigenvalue weighted by Crippen LogP contribution is 2.45. The number of pyridine rings is 1. The molecule has 1 heterocycles. The number of aromatic nitrogens is 1. The zero-order valence-corrected chi connectivity index (χ0v) is 19.3. The van der Waals surface area contributed by atoms with Gasteiger partial charge in [-0.1, -0.05) is 42.5 Å². The van der Waals surface area contributed by atoms with E-state index in [9.17, 15) is 19.1 Å². The van der Waals surface area contributed by atoms with Gasteiger partial charge in [0.15, 0.2) is 0 Å². The standard InChI is InChI=1S/C28H28FNO4/c1-17(2)34-26(33)16-22(32)15-21(31)13-14-24-27(18-9-11-20(29)12-10-18)23-5-3-4-6-25(23)30-28(24)19-7-8-19/h3-6,9-14,17,19,21,31H,7-8,15-16H2,1-2H3/b14-13+/t21-/m1/s1. The van der Waals surface area contributed by atoms with Gasteiger partial charge >= 0.3 is 5.97 Å². The number of benzene rings is 2. The van der Waals surface area contributed by atoms with Crippen LogP contribution in [0.3, 0.4) is 0 Å². The molecule has 0 unspecified atom stereocenters. The van der Waals surface area contributed by atoms with E-state index in [0.717, 1.165) is 46.1 Å². The topological polar surface area (TPSA) is 76.5 Å². The number of hydrogen-bond acceptors (Lipinski definition) is 5. The molecule has 1 N–H and O–H groups in total. The maximum atomic E-state index is 13.6. The third-order valence-corrected chi connectivity index (χ3v) is 5.69. The normalized spacial score (nSPS) is 14.6. The predicted molar refractivity (Wildman–Crippen MR) is 130 cm³/mol. The number of aliphatic hydroxyl groups is 1. The van der Waals surface area contributed by atoms with Crippen LogP contribution < -0.4 is 0 Å². The van der Waals surface area contributed by atoms with Crippen LogP contribution in [0.4, 0.5) is 4.39 Å². The van der Waals surface area contributed by atoms with Gasteiger partial charge in [-0.25, -0.2) is 4.39 Å². The molecule has 1 aliphatic carbocycles. The van der Waals surface area contributed by atoms with Crippen molar-refractivity contribution in [2.45, 2.75) is 57.7 Å². The third-order valence-electron chi connectivity index (χ3n) is 5.69. The summed E-state index contributed by atoms with van der Waals surface area (Å²) in [6.07, 6.45) is 3.54. The van der Waals surface area contributed by atoms with Gasteiger partial charge in [0.1, 0.15) is 18.0 Å². The minimum absolute atomic E-state index is 0.185. The van der Waals surface area contributed by atoms with Gasteiger partial charge in [-0.2, -0.15) is 0 Å². The van der Waals surface area contributed by atoms with E-state index in [2.05, 4.69) is 0 Å². The molecule has 3 aromatic rings. The number of rotatable bonds is 9. The van der Waals surface area contributed by atoms with E-state index in [0.29, 0.717) is 5.92 Å². The number of ether oxygens (including phenoxy) is 1. The number of carbonyl (C=O) groups is 2. The van der Waals surface area contributed by atoms with E-state index < -0.39 is 12.1 Å². The molecule has 0 aliphatic heterocycles. The second-order valence-electron chi connectivity index (χ2n) is 8.97. The second kappa shape index (κ2) is 10.3. The van der Waals surface area contributed by atoms with Crippen LogP contribution in [-0.4, -0.2) is 34.1 Å². The van der Waals surface area contributed by atoms with E-state index in [1.807, 2.05) is 24.3 Å². The van der Waals surface area contributed by atoms with E-state index >= 15 is 0 Å². The Morgan fingerprint density at radius 3 is 2.53 bits per heavy atom. The number of aliphatic hydroxyl groups excluding tert-OH is 1. The van der Waals surface area contributed by atoms with Gasteiger partial charge in [-0.3, -0.25) is 14.6 Å². The number of fused-ring (bicyclic) bond motifs is 1. The first-order chi connectivity index (χ1) is 16.3. The lowest BCUT2D eigenvalue weighted by Gasteiger charge is -2.16. The molecule has 176 valence electrons. The Balaban J connectivity index is 1.67.